The van der Waals surface area contributed by atoms with E-state index in [2.05, 4.69) is 21.0 Å². The van der Waals surface area contributed by atoms with Crippen molar-refractivity contribution in [2.75, 3.05) is 13.7 Å². The van der Waals surface area contributed by atoms with Crippen molar-refractivity contribution in [1.82, 2.24) is 15.0 Å². The van der Waals surface area contributed by atoms with Crippen LogP contribution in [0, 0.1) is 0 Å². The second kappa shape index (κ2) is 5.85. The number of H-pyrrole nitrogens is 1. The lowest BCUT2D eigenvalue weighted by Gasteiger charge is -2.11. The molecule has 2 aromatic carbocycles. The average molecular weight is 319 g/mol. The number of nitrogens with one attached hydrogen (secondary N) is 1. The summed E-state index contributed by atoms with van der Waals surface area (Å²) >= 11 is 0. The molecule has 4 rings (SSSR count). The smallest absolute Gasteiger partial charge is 0.142 e. The van der Waals surface area contributed by atoms with Gasteiger partial charge in [-0.3, -0.25) is 4.98 Å². The molecule has 5 nitrogen and oxygen atoms in total. The van der Waals surface area contributed by atoms with E-state index in [0.29, 0.717) is 6.61 Å². The fourth-order valence-corrected chi connectivity index (χ4v) is 2.93. The van der Waals surface area contributed by atoms with Crippen molar-refractivity contribution in [3.05, 3.63) is 48.8 Å². The number of hydrogen-bond donors (Lipinski definition) is 1. The molecule has 5 heteroatoms. The molecule has 0 aliphatic rings. The Morgan fingerprint density at radius 1 is 1.12 bits per heavy atom. The predicted octanol–water partition coefficient (Wildman–Crippen LogP) is 4.19. The maximum Gasteiger partial charge on any atom is 0.142 e. The molecule has 1 N–H and O–H groups in total. The summed E-state index contributed by atoms with van der Waals surface area (Å²) in [6.07, 6.45) is 3.49. The van der Waals surface area contributed by atoms with Gasteiger partial charge < -0.3 is 14.5 Å². The molecule has 4 aromatic rings. The summed E-state index contributed by atoms with van der Waals surface area (Å²) in [7, 11) is 1.68. The molecule has 0 spiro atoms. The first kappa shape index (κ1) is 14.5. The Bertz CT molecular complexity index is 991. The molecular weight excluding hydrogens is 302 g/mol. The van der Waals surface area contributed by atoms with Crippen molar-refractivity contribution in [2.24, 2.45) is 0 Å². The quantitative estimate of drug-likeness (QED) is 0.613. The zero-order chi connectivity index (χ0) is 16.5. The first-order valence-electron chi connectivity index (χ1n) is 7.84. The molecule has 2 aromatic heterocycles. The summed E-state index contributed by atoms with van der Waals surface area (Å²) in [5, 5.41) is 2.09. The summed E-state index contributed by atoms with van der Waals surface area (Å²) in [4.78, 5) is 12.1. The minimum absolute atomic E-state index is 0.647. The van der Waals surface area contributed by atoms with E-state index in [9.17, 15) is 0 Å². The molecule has 0 unspecified atom stereocenters. The van der Waals surface area contributed by atoms with Crippen LogP contribution in [0.1, 0.15) is 6.92 Å². The maximum atomic E-state index is 5.69. The van der Waals surface area contributed by atoms with Crippen LogP contribution in [0.15, 0.2) is 48.8 Å². The van der Waals surface area contributed by atoms with E-state index in [1.54, 1.807) is 19.5 Å². The summed E-state index contributed by atoms with van der Waals surface area (Å²) in [6.45, 7) is 2.62. The van der Waals surface area contributed by atoms with E-state index >= 15 is 0 Å². The summed E-state index contributed by atoms with van der Waals surface area (Å²) in [5.41, 5.74) is 2.71. The minimum Gasteiger partial charge on any atom is -0.495 e. The van der Waals surface area contributed by atoms with E-state index < -0.39 is 0 Å². The van der Waals surface area contributed by atoms with E-state index in [4.69, 9.17) is 9.47 Å². The van der Waals surface area contributed by atoms with Crippen LogP contribution in [0.3, 0.4) is 0 Å². The Kier molecular flexibility index (Phi) is 3.54. The Morgan fingerprint density at radius 3 is 2.83 bits per heavy atom. The van der Waals surface area contributed by atoms with Crippen LogP contribution in [0.4, 0.5) is 0 Å². The van der Waals surface area contributed by atoms with Gasteiger partial charge in [-0.05, 0) is 42.6 Å². The third-order valence-corrected chi connectivity index (χ3v) is 4.00. The van der Waals surface area contributed by atoms with Crippen molar-refractivity contribution in [2.45, 2.75) is 6.92 Å². The number of aromatic nitrogens is 3. The van der Waals surface area contributed by atoms with Crippen molar-refractivity contribution < 1.29 is 9.47 Å². The summed E-state index contributed by atoms with van der Waals surface area (Å²) < 4.78 is 11.3. The zero-order valence-electron chi connectivity index (χ0n) is 13.5. The number of ether oxygens (including phenoxy) is 2. The van der Waals surface area contributed by atoms with Gasteiger partial charge in [0.25, 0.3) is 0 Å². The lowest BCUT2D eigenvalue weighted by atomic mass is 10.0. The van der Waals surface area contributed by atoms with Crippen LogP contribution in [0.2, 0.25) is 0 Å². The van der Waals surface area contributed by atoms with E-state index in [1.165, 1.54) is 0 Å². The number of rotatable bonds is 4. The molecular formula is C19H17N3O2. The third kappa shape index (κ3) is 2.34. The Hall–Kier alpha value is -3.08. The van der Waals surface area contributed by atoms with Gasteiger partial charge in [0.1, 0.15) is 22.8 Å². The van der Waals surface area contributed by atoms with Crippen LogP contribution in [-0.2, 0) is 0 Å². The minimum atomic E-state index is 0.647. The first-order chi connectivity index (χ1) is 11.8. The number of benzene rings is 2. The number of methoxy groups -OCH3 is 1. The van der Waals surface area contributed by atoms with Crippen molar-refractivity contribution in [3.63, 3.8) is 0 Å². The Balaban J connectivity index is 1.90. The molecule has 0 bridgehead atoms. The molecule has 0 saturated carbocycles. The van der Waals surface area contributed by atoms with Crippen molar-refractivity contribution in [1.29, 1.82) is 0 Å². The van der Waals surface area contributed by atoms with E-state index in [0.717, 1.165) is 44.7 Å². The number of nitrogens with zero attached hydrogens (tertiary/aromatic N) is 2. The maximum absolute atomic E-state index is 5.69. The number of imidazole rings is 1. The summed E-state index contributed by atoms with van der Waals surface area (Å²) in [5.74, 6) is 2.42. The SMILES string of the molecule is CCOc1ccc2c(OC)c(-c3nc4cnccc4[nH]3)ccc2c1. The highest BCUT2D eigenvalue weighted by Gasteiger charge is 2.14. The highest BCUT2D eigenvalue weighted by Crippen LogP contribution is 2.37. The van der Waals surface area contributed by atoms with E-state index in [1.807, 2.05) is 37.3 Å². The lowest BCUT2D eigenvalue weighted by molar-refractivity contribution is 0.340. The van der Waals surface area contributed by atoms with Crippen molar-refractivity contribution in [3.8, 4) is 22.9 Å². The van der Waals surface area contributed by atoms with Crippen LogP contribution in [0.25, 0.3) is 33.2 Å². The van der Waals surface area contributed by atoms with Gasteiger partial charge in [-0.15, -0.1) is 0 Å². The van der Waals surface area contributed by atoms with E-state index in [-0.39, 0.29) is 0 Å². The van der Waals surface area contributed by atoms with Gasteiger partial charge in [0.05, 0.1) is 31.0 Å². The largest absolute Gasteiger partial charge is 0.495 e. The Labute approximate surface area is 139 Å². The highest BCUT2D eigenvalue weighted by molar-refractivity contribution is 5.95. The molecule has 0 atom stereocenters. The van der Waals surface area contributed by atoms with Crippen LogP contribution in [-0.4, -0.2) is 28.7 Å². The van der Waals surface area contributed by atoms with Gasteiger partial charge in [0.15, 0.2) is 0 Å². The fourth-order valence-electron chi connectivity index (χ4n) is 2.93. The second-order valence-electron chi connectivity index (χ2n) is 5.44. The molecule has 0 aliphatic heterocycles. The van der Waals surface area contributed by atoms with Crippen molar-refractivity contribution >= 4 is 21.8 Å². The molecule has 24 heavy (non-hydrogen) atoms. The standard InChI is InChI=1S/C19H17N3O2/c1-3-24-13-5-7-14-12(10-13)4-6-15(18(14)23-2)19-21-16-8-9-20-11-17(16)22-19/h4-11H,3H2,1-2H3,(H,21,22). The number of fused-ring (bicyclic) bond motifs is 2. The number of pyridine rings is 1. The highest BCUT2D eigenvalue weighted by atomic mass is 16.5. The summed E-state index contributed by atoms with van der Waals surface area (Å²) in [6, 6.07) is 12.0. The Morgan fingerprint density at radius 2 is 2.04 bits per heavy atom. The third-order valence-electron chi connectivity index (χ3n) is 4.00. The average Bonchev–Trinajstić information content (AvgIpc) is 3.04. The van der Waals surface area contributed by atoms with Crippen LogP contribution >= 0.6 is 0 Å². The van der Waals surface area contributed by atoms with Gasteiger partial charge in [-0.25, -0.2) is 4.98 Å². The second-order valence-corrected chi connectivity index (χ2v) is 5.44. The van der Waals surface area contributed by atoms with Crippen LogP contribution < -0.4 is 9.47 Å². The van der Waals surface area contributed by atoms with Gasteiger partial charge in [-0.2, -0.15) is 0 Å². The normalized spacial score (nSPS) is 11.1. The van der Waals surface area contributed by atoms with Crippen LogP contribution in [0.5, 0.6) is 11.5 Å². The van der Waals surface area contributed by atoms with Gasteiger partial charge in [0.2, 0.25) is 0 Å². The predicted molar refractivity (Wildman–Crippen MR) is 94.6 cm³/mol. The monoisotopic (exact) mass is 319 g/mol. The molecule has 0 radical (unpaired) electrons. The molecule has 120 valence electrons. The first-order valence-corrected chi connectivity index (χ1v) is 7.84. The van der Waals surface area contributed by atoms with Gasteiger partial charge in [0, 0.05) is 11.6 Å². The van der Waals surface area contributed by atoms with Gasteiger partial charge in [-0.1, -0.05) is 6.07 Å². The molecule has 0 amide bonds. The van der Waals surface area contributed by atoms with Gasteiger partial charge >= 0.3 is 0 Å². The fraction of sp³-hybridized carbons (Fsp3) is 0.158. The molecule has 0 aliphatic carbocycles. The topological polar surface area (TPSA) is 60.0 Å². The molecule has 2 heterocycles. The molecule has 0 saturated heterocycles. The lowest BCUT2D eigenvalue weighted by Crippen LogP contribution is -1.93. The molecule has 0 fully saturated rings. The zero-order valence-corrected chi connectivity index (χ0v) is 13.5. The number of hydrogen-bond acceptors (Lipinski definition) is 4. The number of aromatic amines is 1.